The Labute approximate surface area is 84.5 Å². The molecule has 3 heteroatoms. The van der Waals surface area contributed by atoms with Crippen molar-refractivity contribution < 1.29 is 4.74 Å². The molecule has 1 aromatic heterocycles. The van der Waals surface area contributed by atoms with E-state index < -0.39 is 0 Å². The van der Waals surface area contributed by atoms with Crippen LogP contribution in [0.3, 0.4) is 0 Å². The second-order valence-corrected chi connectivity index (χ2v) is 3.67. The molecule has 0 bridgehead atoms. The van der Waals surface area contributed by atoms with Gasteiger partial charge in [-0.25, -0.2) is 0 Å². The van der Waals surface area contributed by atoms with Gasteiger partial charge in [0.1, 0.15) is 0 Å². The lowest BCUT2D eigenvalue weighted by atomic mass is 10.1. The molecule has 1 aliphatic rings. The maximum absolute atomic E-state index is 5.53. The summed E-state index contributed by atoms with van der Waals surface area (Å²) in [5, 5.41) is 3.47. The van der Waals surface area contributed by atoms with E-state index in [2.05, 4.69) is 17.2 Å². The summed E-state index contributed by atoms with van der Waals surface area (Å²) in [6.07, 6.45) is 4.86. The third-order valence-electron chi connectivity index (χ3n) is 2.60. The van der Waals surface area contributed by atoms with Gasteiger partial charge in [-0.2, -0.15) is 0 Å². The smallest absolute Gasteiger partial charge is 0.0662 e. The first-order valence-corrected chi connectivity index (χ1v) is 5.09. The number of hydrogen-bond donors (Lipinski definition) is 1. The predicted octanol–water partition coefficient (Wildman–Crippen LogP) is 1.44. The number of rotatable bonds is 1. The van der Waals surface area contributed by atoms with Crippen LogP contribution in [-0.4, -0.2) is 24.7 Å². The van der Waals surface area contributed by atoms with E-state index in [-0.39, 0.29) is 0 Å². The van der Waals surface area contributed by atoms with Crippen molar-refractivity contribution in [3.8, 4) is 0 Å². The summed E-state index contributed by atoms with van der Waals surface area (Å²) in [4.78, 5) is 4.16. The Morgan fingerprint density at radius 3 is 3.36 bits per heavy atom. The van der Waals surface area contributed by atoms with Crippen LogP contribution in [0, 0.1) is 6.92 Å². The van der Waals surface area contributed by atoms with Gasteiger partial charge in [-0.1, -0.05) is 0 Å². The quantitative estimate of drug-likeness (QED) is 0.731. The Morgan fingerprint density at radius 2 is 2.50 bits per heavy atom. The highest BCUT2D eigenvalue weighted by molar-refractivity contribution is 5.25. The molecule has 1 saturated heterocycles. The van der Waals surface area contributed by atoms with Gasteiger partial charge in [0.2, 0.25) is 0 Å². The second kappa shape index (κ2) is 4.53. The number of aryl methyl sites for hydroxylation is 1. The van der Waals surface area contributed by atoms with Gasteiger partial charge in [0, 0.05) is 19.0 Å². The molecule has 0 aromatic carbocycles. The van der Waals surface area contributed by atoms with Gasteiger partial charge in [-0.15, -0.1) is 0 Å². The van der Waals surface area contributed by atoms with Gasteiger partial charge < -0.3 is 10.1 Å². The van der Waals surface area contributed by atoms with E-state index >= 15 is 0 Å². The van der Waals surface area contributed by atoms with Crippen LogP contribution in [0.2, 0.25) is 0 Å². The van der Waals surface area contributed by atoms with E-state index in [4.69, 9.17) is 4.74 Å². The SMILES string of the molecule is Cc1ccncc1C1COCCCN1. The summed E-state index contributed by atoms with van der Waals surface area (Å²) in [6.45, 7) is 4.76. The fourth-order valence-electron chi connectivity index (χ4n) is 1.75. The van der Waals surface area contributed by atoms with Crippen LogP contribution in [-0.2, 0) is 4.74 Å². The van der Waals surface area contributed by atoms with Crippen molar-refractivity contribution >= 4 is 0 Å². The van der Waals surface area contributed by atoms with E-state index in [9.17, 15) is 0 Å². The molecule has 1 atom stereocenters. The highest BCUT2D eigenvalue weighted by Gasteiger charge is 2.15. The molecule has 76 valence electrons. The molecule has 1 N–H and O–H groups in total. The van der Waals surface area contributed by atoms with Crippen LogP contribution < -0.4 is 5.32 Å². The van der Waals surface area contributed by atoms with Gasteiger partial charge in [0.05, 0.1) is 12.6 Å². The number of nitrogens with zero attached hydrogens (tertiary/aromatic N) is 1. The minimum Gasteiger partial charge on any atom is -0.379 e. The standard InChI is InChI=1S/C11H16N2O/c1-9-3-5-12-7-10(9)11-8-14-6-2-4-13-11/h3,5,7,11,13H,2,4,6,8H2,1H3. The minimum absolute atomic E-state index is 0.311. The first-order chi connectivity index (χ1) is 6.88. The van der Waals surface area contributed by atoms with E-state index in [0.717, 1.165) is 26.2 Å². The van der Waals surface area contributed by atoms with Crippen LogP contribution in [0.5, 0.6) is 0 Å². The maximum atomic E-state index is 5.53. The summed E-state index contributed by atoms with van der Waals surface area (Å²) in [6, 6.07) is 2.35. The van der Waals surface area contributed by atoms with E-state index in [1.165, 1.54) is 11.1 Å². The number of hydrogen-bond acceptors (Lipinski definition) is 3. The summed E-state index contributed by atoms with van der Waals surface area (Å²) in [7, 11) is 0. The van der Waals surface area contributed by atoms with Crippen molar-refractivity contribution in [2.75, 3.05) is 19.8 Å². The van der Waals surface area contributed by atoms with Gasteiger partial charge in [-0.05, 0) is 37.1 Å². The fourth-order valence-corrected chi connectivity index (χ4v) is 1.75. The molecule has 0 amide bonds. The first-order valence-electron chi connectivity index (χ1n) is 5.09. The number of ether oxygens (including phenoxy) is 1. The Kier molecular flexibility index (Phi) is 3.11. The molecule has 1 aromatic rings. The number of aromatic nitrogens is 1. The summed E-state index contributed by atoms with van der Waals surface area (Å²) < 4.78 is 5.53. The average molecular weight is 192 g/mol. The molecule has 0 saturated carbocycles. The molecule has 1 fully saturated rings. The topological polar surface area (TPSA) is 34.1 Å². The minimum atomic E-state index is 0.311. The Balaban J connectivity index is 2.16. The van der Waals surface area contributed by atoms with Crippen molar-refractivity contribution in [1.82, 2.24) is 10.3 Å². The summed E-state index contributed by atoms with van der Waals surface area (Å²) in [5.41, 5.74) is 2.54. The van der Waals surface area contributed by atoms with Gasteiger partial charge in [-0.3, -0.25) is 4.98 Å². The molecule has 3 nitrogen and oxygen atoms in total. The van der Waals surface area contributed by atoms with Crippen molar-refractivity contribution in [3.63, 3.8) is 0 Å². The molecule has 1 aliphatic heterocycles. The zero-order valence-corrected chi connectivity index (χ0v) is 8.49. The summed E-state index contributed by atoms with van der Waals surface area (Å²) >= 11 is 0. The number of pyridine rings is 1. The third-order valence-corrected chi connectivity index (χ3v) is 2.60. The zero-order chi connectivity index (χ0) is 9.80. The molecule has 0 spiro atoms. The predicted molar refractivity (Wildman–Crippen MR) is 55.2 cm³/mol. The lowest BCUT2D eigenvalue weighted by Crippen LogP contribution is -2.24. The highest BCUT2D eigenvalue weighted by Crippen LogP contribution is 2.17. The second-order valence-electron chi connectivity index (χ2n) is 3.67. The van der Waals surface area contributed by atoms with Crippen LogP contribution in [0.4, 0.5) is 0 Å². The van der Waals surface area contributed by atoms with Crippen molar-refractivity contribution in [1.29, 1.82) is 0 Å². The third kappa shape index (κ3) is 2.11. The molecular formula is C11H16N2O. The largest absolute Gasteiger partial charge is 0.379 e. The Bertz CT molecular complexity index is 293. The van der Waals surface area contributed by atoms with Gasteiger partial charge in [0.15, 0.2) is 0 Å². The van der Waals surface area contributed by atoms with Gasteiger partial charge in [0.25, 0.3) is 0 Å². The Hall–Kier alpha value is -0.930. The summed E-state index contributed by atoms with van der Waals surface area (Å²) in [5.74, 6) is 0. The molecular weight excluding hydrogens is 176 g/mol. The lowest BCUT2D eigenvalue weighted by Gasteiger charge is -2.17. The molecule has 0 radical (unpaired) electrons. The van der Waals surface area contributed by atoms with Crippen LogP contribution in [0.1, 0.15) is 23.6 Å². The van der Waals surface area contributed by atoms with Gasteiger partial charge >= 0.3 is 0 Å². The lowest BCUT2D eigenvalue weighted by molar-refractivity contribution is 0.131. The molecule has 1 unspecified atom stereocenters. The zero-order valence-electron chi connectivity index (χ0n) is 8.49. The molecule has 2 rings (SSSR count). The molecule has 14 heavy (non-hydrogen) atoms. The fraction of sp³-hybridized carbons (Fsp3) is 0.545. The average Bonchev–Trinajstić information content (AvgIpc) is 2.47. The number of nitrogens with one attached hydrogen (secondary N) is 1. The highest BCUT2D eigenvalue weighted by atomic mass is 16.5. The first kappa shape index (κ1) is 9.62. The van der Waals surface area contributed by atoms with E-state index in [1.54, 1.807) is 0 Å². The van der Waals surface area contributed by atoms with Crippen LogP contribution in [0.25, 0.3) is 0 Å². The van der Waals surface area contributed by atoms with Crippen LogP contribution >= 0.6 is 0 Å². The van der Waals surface area contributed by atoms with Crippen molar-refractivity contribution in [3.05, 3.63) is 29.6 Å². The maximum Gasteiger partial charge on any atom is 0.0662 e. The molecule has 2 heterocycles. The monoisotopic (exact) mass is 192 g/mol. The van der Waals surface area contributed by atoms with E-state index in [1.807, 2.05) is 18.5 Å². The Morgan fingerprint density at radius 1 is 1.57 bits per heavy atom. The van der Waals surface area contributed by atoms with E-state index in [0.29, 0.717) is 6.04 Å². The normalized spacial score (nSPS) is 23.1. The molecule has 0 aliphatic carbocycles. The van der Waals surface area contributed by atoms with Crippen molar-refractivity contribution in [2.45, 2.75) is 19.4 Å². The van der Waals surface area contributed by atoms with Crippen LogP contribution in [0.15, 0.2) is 18.5 Å². The van der Waals surface area contributed by atoms with Crippen molar-refractivity contribution in [2.24, 2.45) is 0 Å².